The highest BCUT2D eigenvalue weighted by atomic mass is 16.1. The predicted octanol–water partition coefficient (Wildman–Crippen LogP) is 3.74. The maximum atomic E-state index is 10.8. The van der Waals surface area contributed by atoms with Gasteiger partial charge in [-0.05, 0) is 32.1 Å². The third-order valence-corrected chi connectivity index (χ3v) is 2.61. The fourth-order valence-electron chi connectivity index (χ4n) is 1.23. The Morgan fingerprint density at radius 2 is 1.92 bits per heavy atom. The number of unbranched alkanes of at least 4 members (excludes halogenated alkanes) is 1. The lowest BCUT2D eigenvalue weighted by molar-refractivity contribution is -0.115. The average molecular weight is 182 g/mol. The van der Waals surface area contributed by atoms with Crippen LogP contribution < -0.4 is 0 Å². The van der Waals surface area contributed by atoms with Gasteiger partial charge in [0, 0.05) is 5.41 Å². The van der Waals surface area contributed by atoms with Gasteiger partial charge < -0.3 is 4.79 Å². The Labute approximate surface area is 82.2 Å². The monoisotopic (exact) mass is 182 g/mol. The lowest BCUT2D eigenvalue weighted by Gasteiger charge is -2.19. The molecule has 0 aromatic rings. The first-order valence-corrected chi connectivity index (χ1v) is 5.30. The molecule has 1 nitrogen and oxygen atoms in total. The highest BCUT2D eigenvalue weighted by Crippen LogP contribution is 2.25. The Bertz CT molecular complexity index is 161. The van der Waals surface area contributed by atoms with E-state index < -0.39 is 0 Å². The van der Waals surface area contributed by atoms with Gasteiger partial charge >= 0.3 is 0 Å². The first-order valence-electron chi connectivity index (χ1n) is 5.30. The molecule has 0 aliphatic heterocycles. The molecule has 76 valence electrons. The average Bonchev–Trinajstić information content (AvgIpc) is 2.17. The Morgan fingerprint density at radius 3 is 2.38 bits per heavy atom. The minimum atomic E-state index is -0.0833. The van der Waals surface area contributed by atoms with Gasteiger partial charge in [0.25, 0.3) is 0 Å². The second-order valence-electron chi connectivity index (χ2n) is 3.90. The summed E-state index contributed by atoms with van der Waals surface area (Å²) in [5.74, 6) is 0. The van der Waals surface area contributed by atoms with Gasteiger partial charge in [-0.15, -0.1) is 0 Å². The Hall–Kier alpha value is -0.590. The first-order chi connectivity index (χ1) is 6.18. The molecule has 0 spiro atoms. The van der Waals surface area contributed by atoms with Crippen LogP contribution in [-0.2, 0) is 4.79 Å². The Morgan fingerprint density at radius 1 is 1.23 bits per heavy atom. The van der Waals surface area contributed by atoms with E-state index in [2.05, 4.69) is 26.0 Å². The molecule has 0 N–H and O–H groups in total. The van der Waals surface area contributed by atoms with E-state index in [4.69, 9.17) is 0 Å². The smallest absolute Gasteiger partial charge is 0.125 e. The predicted molar refractivity (Wildman–Crippen MR) is 57.7 cm³/mol. The first kappa shape index (κ1) is 12.4. The molecule has 0 heterocycles. The van der Waals surface area contributed by atoms with E-state index in [1.807, 2.05) is 6.92 Å². The SMILES string of the molecule is CC/C=C/CCCC(C)(C=O)CC. The summed E-state index contributed by atoms with van der Waals surface area (Å²) in [4.78, 5) is 10.8. The zero-order valence-electron chi connectivity index (χ0n) is 9.18. The second kappa shape index (κ2) is 6.88. The van der Waals surface area contributed by atoms with Crippen molar-refractivity contribution in [3.8, 4) is 0 Å². The zero-order valence-corrected chi connectivity index (χ0v) is 9.18. The van der Waals surface area contributed by atoms with Crippen LogP contribution in [0.2, 0.25) is 0 Å². The number of hydrogen-bond acceptors (Lipinski definition) is 1. The van der Waals surface area contributed by atoms with Gasteiger partial charge in [0.2, 0.25) is 0 Å². The molecule has 0 aliphatic carbocycles. The highest BCUT2D eigenvalue weighted by molar-refractivity contribution is 5.58. The maximum Gasteiger partial charge on any atom is 0.125 e. The molecule has 0 amide bonds. The van der Waals surface area contributed by atoms with E-state index in [0.29, 0.717) is 0 Å². The minimum Gasteiger partial charge on any atom is -0.303 e. The molecule has 0 fully saturated rings. The number of hydrogen-bond donors (Lipinski definition) is 0. The topological polar surface area (TPSA) is 17.1 Å². The standard InChI is InChI=1S/C12H22O/c1-4-6-7-8-9-10-12(3,5-2)11-13/h6-7,11H,4-5,8-10H2,1-3H3/b7-6+. The van der Waals surface area contributed by atoms with Gasteiger partial charge in [-0.2, -0.15) is 0 Å². The molecule has 13 heavy (non-hydrogen) atoms. The summed E-state index contributed by atoms with van der Waals surface area (Å²) in [5.41, 5.74) is -0.0833. The molecule has 0 saturated carbocycles. The highest BCUT2D eigenvalue weighted by Gasteiger charge is 2.19. The summed E-state index contributed by atoms with van der Waals surface area (Å²) < 4.78 is 0. The second-order valence-corrected chi connectivity index (χ2v) is 3.90. The quantitative estimate of drug-likeness (QED) is 0.333. The molecule has 0 aromatic carbocycles. The van der Waals surface area contributed by atoms with Crippen LogP contribution in [-0.4, -0.2) is 6.29 Å². The maximum absolute atomic E-state index is 10.8. The minimum absolute atomic E-state index is 0.0833. The van der Waals surface area contributed by atoms with Gasteiger partial charge in [-0.1, -0.05) is 32.9 Å². The van der Waals surface area contributed by atoms with Crippen LogP contribution in [0.5, 0.6) is 0 Å². The van der Waals surface area contributed by atoms with Crippen LogP contribution >= 0.6 is 0 Å². The number of allylic oxidation sites excluding steroid dienone is 2. The molecule has 1 atom stereocenters. The molecular weight excluding hydrogens is 160 g/mol. The van der Waals surface area contributed by atoms with E-state index in [9.17, 15) is 4.79 Å². The van der Waals surface area contributed by atoms with Crippen molar-refractivity contribution in [2.45, 2.75) is 52.9 Å². The third kappa shape index (κ3) is 5.62. The molecule has 0 aromatic heterocycles. The van der Waals surface area contributed by atoms with E-state index in [0.717, 1.165) is 38.4 Å². The normalized spacial score (nSPS) is 15.9. The van der Waals surface area contributed by atoms with Crippen molar-refractivity contribution in [2.75, 3.05) is 0 Å². The Kier molecular flexibility index (Phi) is 6.56. The van der Waals surface area contributed by atoms with Gasteiger partial charge in [0.05, 0.1) is 0 Å². The van der Waals surface area contributed by atoms with E-state index in [-0.39, 0.29) is 5.41 Å². The molecule has 1 heteroatoms. The summed E-state index contributed by atoms with van der Waals surface area (Å²) in [5, 5.41) is 0. The van der Waals surface area contributed by atoms with Gasteiger partial charge in [0.1, 0.15) is 6.29 Å². The molecule has 0 bridgehead atoms. The van der Waals surface area contributed by atoms with E-state index >= 15 is 0 Å². The van der Waals surface area contributed by atoms with Crippen LogP contribution in [0.4, 0.5) is 0 Å². The van der Waals surface area contributed by atoms with Crippen molar-refractivity contribution < 1.29 is 4.79 Å². The van der Waals surface area contributed by atoms with E-state index in [1.165, 1.54) is 0 Å². The molecule has 0 saturated heterocycles. The van der Waals surface area contributed by atoms with Crippen LogP contribution in [0.3, 0.4) is 0 Å². The van der Waals surface area contributed by atoms with Crippen molar-refractivity contribution in [2.24, 2.45) is 5.41 Å². The van der Waals surface area contributed by atoms with Crippen molar-refractivity contribution in [1.82, 2.24) is 0 Å². The lowest BCUT2D eigenvalue weighted by Crippen LogP contribution is -2.16. The fraction of sp³-hybridized carbons (Fsp3) is 0.750. The van der Waals surface area contributed by atoms with Gasteiger partial charge in [0.15, 0.2) is 0 Å². The number of carbonyl (C=O) groups excluding carboxylic acids is 1. The van der Waals surface area contributed by atoms with Crippen molar-refractivity contribution >= 4 is 6.29 Å². The summed E-state index contributed by atoms with van der Waals surface area (Å²) in [7, 11) is 0. The van der Waals surface area contributed by atoms with Gasteiger partial charge in [-0.25, -0.2) is 0 Å². The number of rotatable bonds is 7. The van der Waals surface area contributed by atoms with Crippen molar-refractivity contribution in [3.63, 3.8) is 0 Å². The number of aldehydes is 1. The van der Waals surface area contributed by atoms with Crippen LogP contribution in [0.15, 0.2) is 12.2 Å². The summed E-state index contributed by atoms with van der Waals surface area (Å²) in [6, 6.07) is 0. The summed E-state index contributed by atoms with van der Waals surface area (Å²) >= 11 is 0. The Balaban J connectivity index is 3.61. The van der Waals surface area contributed by atoms with Crippen LogP contribution in [0, 0.1) is 5.41 Å². The number of carbonyl (C=O) groups is 1. The molecule has 1 unspecified atom stereocenters. The van der Waals surface area contributed by atoms with E-state index in [1.54, 1.807) is 0 Å². The molecular formula is C12H22O. The fourth-order valence-corrected chi connectivity index (χ4v) is 1.23. The molecule has 0 rings (SSSR count). The third-order valence-electron chi connectivity index (χ3n) is 2.61. The lowest BCUT2D eigenvalue weighted by atomic mass is 9.84. The summed E-state index contributed by atoms with van der Waals surface area (Å²) in [6.07, 6.45) is 10.8. The summed E-state index contributed by atoms with van der Waals surface area (Å²) in [6.45, 7) is 6.26. The zero-order chi connectivity index (χ0) is 10.2. The van der Waals surface area contributed by atoms with Crippen molar-refractivity contribution in [1.29, 1.82) is 0 Å². The van der Waals surface area contributed by atoms with Gasteiger partial charge in [-0.3, -0.25) is 0 Å². The van der Waals surface area contributed by atoms with Crippen molar-refractivity contribution in [3.05, 3.63) is 12.2 Å². The molecule has 0 radical (unpaired) electrons. The molecule has 0 aliphatic rings. The largest absolute Gasteiger partial charge is 0.303 e. The van der Waals surface area contributed by atoms with Crippen LogP contribution in [0.1, 0.15) is 52.9 Å². The van der Waals surface area contributed by atoms with Crippen LogP contribution in [0.25, 0.3) is 0 Å².